The maximum absolute atomic E-state index is 11.9. The number of aromatic nitrogens is 1. The van der Waals surface area contributed by atoms with E-state index in [9.17, 15) is 4.79 Å². The fourth-order valence-electron chi connectivity index (χ4n) is 1.75. The minimum absolute atomic E-state index is 0.0338. The molecule has 0 bridgehead atoms. The number of rotatable bonds is 4. The second-order valence-electron chi connectivity index (χ2n) is 4.33. The zero-order chi connectivity index (χ0) is 15.6. The van der Waals surface area contributed by atoms with Gasteiger partial charge in [0.15, 0.2) is 11.7 Å². The number of carbonyl (C=O) groups is 1. The van der Waals surface area contributed by atoms with Gasteiger partial charge in [0.05, 0.1) is 16.3 Å². The number of hydrogen-bond acceptors (Lipinski definition) is 5. The van der Waals surface area contributed by atoms with Crippen LogP contribution in [0.15, 0.2) is 22.6 Å². The number of benzene rings is 1. The van der Waals surface area contributed by atoms with Crippen LogP contribution < -0.4 is 0 Å². The van der Waals surface area contributed by atoms with Crippen molar-refractivity contribution in [2.45, 2.75) is 13.8 Å². The van der Waals surface area contributed by atoms with Gasteiger partial charge in [0.1, 0.15) is 12.3 Å². The molecule has 7 heteroatoms. The number of oxazole rings is 1. The lowest BCUT2D eigenvalue weighted by Crippen LogP contribution is -2.15. The molecule has 2 aromatic rings. The van der Waals surface area contributed by atoms with Crippen molar-refractivity contribution >= 4 is 34.9 Å². The van der Waals surface area contributed by atoms with Crippen LogP contribution in [0.4, 0.5) is 0 Å². The van der Waals surface area contributed by atoms with Crippen molar-refractivity contribution in [3.8, 4) is 0 Å². The van der Waals surface area contributed by atoms with Gasteiger partial charge in [-0.2, -0.15) is 0 Å². The van der Waals surface area contributed by atoms with Crippen LogP contribution in [0.5, 0.6) is 0 Å². The first-order valence-corrected chi connectivity index (χ1v) is 6.78. The molecule has 1 aromatic carbocycles. The molecule has 0 aliphatic heterocycles. The SMILES string of the molecule is Cc1nc(C)c(C(=N)COC(=O)c2ccc(Cl)cc2Cl)o1. The van der Waals surface area contributed by atoms with Gasteiger partial charge in [-0.1, -0.05) is 23.2 Å². The maximum atomic E-state index is 11.9. The molecule has 0 saturated carbocycles. The number of ether oxygens (including phenoxy) is 1. The molecular weight excluding hydrogens is 315 g/mol. The molecule has 0 saturated heterocycles. The summed E-state index contributed by atoms with van der Waals surface area (Å²) in [5.41, 5.74) is 0.809. The van der Waals surface area contributed by atoms with Crippen molar-refractivity contribution in [1.29, 1.82) is 5.41 Å². The fourth-order valence-corrected chi connectivity index (χ4v) is 2.23. The number of nitrogens with one attached hydrogen (secondary N) is 1. The zero-order valence-electron chi connectivity index (χ0n) is 11.4. The van der Waals surface area contributed by atoms with E-state index in [0.717, 1.165) is 0 Å². The summed E-state index contributed by atoms with van der Waals surface area (Å²) >= 11 is 11.7. The van der Waals surface area contributed by atoms with E-state index in [-0.39, 0.29) is 22.9 Å². The highest BCUT2D eigenvalue weighted by molar-refractivity contribution is 6.36. The van der Waals surface area contributed by atoms with Crippen molar-refractivity contribution in [3.63, 3.8) is 0 Å². The number of carbonyl (C=O) groups excluding carboxylic acids is 1. The maximum Gasteiger partial charge on any atom is 0.340 e. The number of esters is 1. The molecule has 2 rings (SSSR count). The molecule has 1 aromatic heterocycles. The average Bonchev–Trinajstić information content (AvgIpc) is 2.74. The van der Waals surface area contributed by atoms with Crippen LogP contribution in [0.3, 0.4) is 0 Å². The Bertz CT molecular complexity index is 710. The van der Waals surface area contributed by atoms with E-state index in [1.165, 1.54) is 12.1 Å². The van der Waals surface area contributed by atoms with Crippen LogP contribution in [0.25, 0.3) is 0 Å². The summed E-state index contributed by atoms with van der Waals surface area (Å²) in [5, 5.41) is 8.49. The Kier molecular flexibility index (Phi) is 4.65. The summed E-state index contributed by atoms with van der Waals surface area (Å²) in [5.74, 6) is 0.136. The van der Waals surface area contributed by atoms with Crippen LogP contribution in [0.1, 0.15) is 27.7 Å². The summed E-state index contributed by atoms with van der Waals surface area (Å²) < 4.78 is 10.3. The van der Waals surface area contributed by atoms with Gasteiger partial charge in [-0.25, -0.2) is 9.78 Å². The summed E-state index contributed by atoms with van der Waals surface area (Å²) in [6.07, 6.45) is 0. The first-order chi connectivity index (χ1) is 9.88. The highest BCUT2D eigenvalue weighted by atomic mass is 35.5. The van der Waals surface area contributed by atoms with E-state index < -0.39 is 5.97 Å². The molecular formula is C14H12Cl2N2O3. The third kappa shape index (κ3) is 3.62. The van der Waals surface area contributed by atoms with Gasteiger partial charge < -0.3 is 9.15 Å². The van der Waals surface area contributed by atoms with Crippen LogP contribution in [0, 0.1) is 19.3 Å². The summed E-state index contributed by atoms with van der Waals surface area (Å²) in [4.78, 5) is 16.0. The molecule has 0 radical (unpaired) electrons. The average molecular weight is 327 g/mol. The number of halogens is 2. The van der Waals surface area contributed by atoms with Gasteiger partial charge in [0.25, 0.3) is 0 Å². The van der Waals surface area contributed by atoms with Crippen molar-refractivity contribution in [2.24, 2.45) is 0 Å². The van der Waals surface area contributed by atoms with Crippen LogP contribution in [-0.2, 0) is 4.74 Å². The van der Waals surface area contributed by atoms with E-state index in [4.69, 9.17) is 37.8 Å². The van der Waals surface area contributed by atoms with Crippen LogP contribution >= 0.6 is 23.2 Å². The Hall–Kier alpha value is -1.85. The molecule has 0 fully saturated rings. The molecule has 0 atom stereocenters. The Morgan fingerprint density at radius 2 is 2.10 bits per heavy atom. The van der Waals surface area contributed by atoms with Crippen molar-refractivity contribution in [3.05, 3.63) is 51.2 Å². The second kappa shape index (κ2) is 6.28. The zero-order valence-corrected chi connectivity index (χ0v) is 12.9. The summed E-state index contributed by atoms with van der Waals surface area (Å²) in [6, 6.07) is 4.47. The van der Waals surface area contributed by atoms with Gasteiger partial charge >= 0.3 is 5.97 Å². The molecule has 1 N–H and O–H groups in total. The minimum Gasteiger partial charge on any atom is -0.455 e. The largest absolute Gasteiger partial charge is 0.455 e. The van der Waals surface area contributed by atoms with Gasteiger partial charge in [0.2, 0.25) is 0 Å². The second-order valence-corrected chi connectivity index (χ2v) is 5.17. The highest BCUT2D eigenvalue weighted by Crippen LogP contribution is 2.21. The molecule has 110 valence electrons. The minimum atomic E-state index is -0.629. The number of hydrogen-bond donors (Lipinski definition) is 1. The summed E-state index contributed by atoms with van der Waals surface area (Å²) in [6.45, 7) is 3.18. The molecule has 21 heavy (non-hydrogen) atoms. The smallest absolute Gasteiger partial charge is 0.340 e. The molecule has 0 unspecified atom stereocenters. The Balaban J connectivity index is 2.04. The lowest BCUT2D eigenvalue weighted by atomic mass is 10.2. The Morgan fingerprint density at radius 3 is 2.67 bits per heavy atom. The van der Waals surface area contributed by atoms with E-state index in [1.54, 1.807) is 19.9 Å². The quantitative estimate of drug-likeness (QED) is 0.684. The van der Waals surface area contributed by atoms with Crippen LogP contribution in [0.2, 0.25) is 10.0 Å². The van der Waals surface area contributed by atoms with Crippen molar-refractivity contribution < 1.29 is 13.9 Å². The topological polar surface area (TPSA) is 76.2 Å². The standard InChI is InChI=1S/C14H12Cl2N2O3/c1-7-13(21-8(2)18-7)12(17)6-20-14(19)10-4-3-9(15)5-11(10)16/h3-5,17H,6H2,1-2H3. The third-order valence-electron chi connectivity index (χ3n) is 2.68. The van der Waals surface area contributed by atoms with E-state index in [1.807, 2.05) is 0 Å². The molecule has 0 spiro atoms. The van der Waals surface area contributed by atoms with Crippen molar-refractivity contribution in [1.82, 2.24) is 4.98 Å². The Morgan fingerprint density at radius 1 is 1.38 bits per heavy atom. The predicted molar refractivity (Wildman–Crippen MR) is 79.6 cm³/mol. The lowest BCUT2D eigenvalue weighted by molar-refractivity contribution is 0.0563. The van der Waals surface area contributed by atoms with E-state index >= 15 is 0 Å². The first-order valence-electron chi connectivity index (χ1n) is 6.02. The number of aryl methyl sites for hydroxylation is 2. The van der Waals surface area contributed by atoms with Gasteiger partial charge in [-0.3, -0.25) is 5.41 Å². The lowest BCUT2D eigenvalue weighted by Gasteiger charge is -2.06. The first kappa shape index (κ1) is 15.5. The molecule has 0 amide bonds. The van der Waals surface area contributed by atoms with Crippen molar-refractivity contribution in [2.75, 3.05) is 6.61 Å². The summed E-state index contributed by atoms with van der Waals surface area (Å²) in [7, 11) is 0. The van der Waals surface area contributed by atoms with E-state index in [0.29, 0.717) is 22.4 Å². The predicted octanol–water partition coefficient (Wildman–Crippen LogP) is 3.82. The monoisotopic (exact) mass is 326 g/mol. The normalized spacial score (nSPS) is 10.5. The van der Waals surface area contributed by atoms with Gasteiger partial charge in [-0.05, 0) is 25.1 Å². The van der Waals surface area contributed by atoms with Gasteiger partial charge in [-0.15, -0.1) is 0 Å². The Labute approximate surface area is 131 Å². The molecule has 0 aliphatic rings. The molecule has 0 aliphatic carbocycles. The molecule has 1 heterocycles. The van der Waals surface area contributed by atoms with E-state index in [2.05, 4.69) is 4.98 Å². The third-order valence-corrected chi connectivity index (χ3v) is 3.22. The fraction of sp³-hybridized carbons (Fsp3) is 0.214. The number of nitrogens with zero attached hydrogens (tertiary/aromatic N) is 1. The highest BCUT2D eigenvalue weighted by Gasteiger charge is 2.17. The molecule has 5 nitrogen and oxygen atoms in total. The van der Waals surface area contributed by atoms with Crippen LogP contribution in [-0.4, -0.2) is 23.3 Å². The van der Waals surface area contributed by atoms with Gasteiger partial charge in [0, 0.05) is 11.9 Å².